The lowest BCUT2D eigenvalue weighted by Gasteiger charge is -2.03. The molecule has 0 saturated carbocycles. The Bertz CT molecular complexity index is 600. The predicted octanol–water partition coefficient (Wildman–Crippen LogP) is 1.39. The Labute approximate surface area is 125 Å². The molecule has 0 radical (unpaired) electrons. The fourth-order valence-corrected chi connectivity index (χ4v) is 2.32. The summed E-state index contributed by atoms with van der Waals surface area (Å²) in [7, 11) is 1.60. The molecule has 0 amide bonds. The van der Waals surface area contributed by atoms with E-state index in [2.05, 4.69) is 10.1 Å². The van der Waals surface area contributed by atoms with Crippen molar-refractivity contribution in [3.63, 3.8) is 0 Å². The molecule has 112 valence electrons. The smallest absolute Gasteiger partial charge is 0.321 e. The molecular formula is C13H15N3O4S. The quantitative estimate of drug-likeness (QED) is 0.789. The van der Waals surface area contributed by atoms with Gasteiger partial charge in [0.25, 0.3) is 0 Å². The van der Waals surface area contributed by atoms with Crippen molar-refractivity contribution in [1.82, 2.24) is 10.1 Å². The first-order valence-electron chi connectivity index (χ1n) is 6.13. The molecule has 21 heavy (non-hydrogen) atoms. The van der Waals surface area contributed by atoms with Gasteiger partial charge in [-0.05, 0) is 24.3 Å². The summed E-state index contributed by atoms with van der Waals surface area (Å²) in [6, 6.07) is 6.40. The number of nitrogens with zero attached hydrogens (tertiary/aromatic N) is 2. The number of thioether (sulfide) groups is 1. The van der Waals surface area contributed by atoms with Crippen LogP contribution < -0.4 is 10.5 Å². The van der Waals surface area contributed by atoms with Gasteiger partial charge in [0.05, 0.1) is 12.9 Å². The molecule has 3 N–H and O–H groups in total. The number of aromatic nitrogens is 2. The summed E-state index contributed by atoms with van der Waals surface area (Å²) >= 11 is 1.34. The number of rotatable bonds is 7. The normalized spacial score (nSPS) is 12.1. The first-order chi connectivity index (χ1) is 10.1. The molecule has 7 nitrogen and oxygen atoms in total. The van der Waals surface area contributed by atoms with E-state index in [1.54, 1.807) is 7.11 Å². The second-order valence-electron chi connectivity index (χ2n) is 4.20. The van der Waals surface area contributed by atoms with Crippen LogP contribution in [0.5, 0.6) is 5.75 Å². The van der Waals surface area contributed by atoms with Crippen LogP contribution in [-0.4, -0.2) is 40.1 Å². The van der Waals surface area contributed by atoms with E-state index in [0.717, 1.165) is 11.3 Å². The Morgan fingerprint density at radius 2 is 2.19 bits per heavy atom. The molecule has 8 heteroatoms. The van der Waals surface area contributed by atoms with Gasteiger partial charge in [-0.1, -0.05) is 5.16 Å². The van der Waals surface area contributed by atoms with Crippen LogP contribution in [0.2, 0.25) is 0 Å². The van der Waals surface area contributed by atoms with Crippen LogP contribution in [0.3, 0.4) is 0 Å². The number of aliphatic carboxylic acids is 1. The van der Waals surface area contributed by atoms with Gasteiger partial charge in [0.15, 0.2) is 0 Å². The minimum absolute atomic E-state index is 0.287. The summed E-state index contributed by atoms with van der Waals surface area (Å²) < 4.78 is 10.2. The molecule has 0 saturated heterocycles. The summed E-state index contributed by atoms with van der Waals surface area (Å²) in [5, 5.41) is 12.6. The van der Waals surface area contributed by atoms with Crippen molar-refractivity contribution in [2.24, 2.45) is 5.73 Å². The highest BCUT2D eigenvalue weighted by Gasteiger charge is 2.13. The number of methoxy groups -OCH3 is 1. The highest BCUT2D eigenvalue weighted by atomic mass is 32.2. The molecule has 0 spiro atoms. The Kier molecular flexibility index (Phi) is 5.18. The van der Waals surface area contributed by atoms with Gasteiger partial charge in [-0.25, -0.2) is 0 Å². The van der Waals surface area contributed by atoms with Crippen LogP contribution in [0.15, 0.2) is 28.8 Å². The van der Waals surface area contributed by atoms with Crippen LogP contribution in [0.25, 0.3) is 11.4 Å². The van der Waals surface area contributed by atoms with E-state index in [9.17, 15) is 4.79 Å². The van der Waals surface area contributed by atoms with Gasteiger partial charge in [-0.3, -0.25) is 4.79 Å². The number of carbonyl (C=O) groups is 1. The van der Waals surface area contributed by atoms with Gasteiger partial charge in [0, 0.05) is 11.3 Å². The highest BCUT2D eigenvalue weighted by Crippen LogP contribution is 2.21. The Hall–Kier alpha value is -2.06. The Morgan fingerprint density at radius 1 is 1.48 bits per heavy atom. The summed E-state index contributed by atoms with van der Waals surface area (Å²) in [5.74, 6) is 1.35. The summed E-state index contributed by atoms with van der Waals surface area (Å²) in [5.41, 5.74) is 6.22. The lowest BCUT2D eigenvalue weighted by molar-refractivity contribution is -0.137. The third kappa shape index (κ3) is 4.20. The maximum atomic E-state index is 10.6. The number of hydrogen-bond acceptors (Lipinski definition) is 7. The standard InChI is InChI=1S/C13H15N3O4S/c1-19-9-4-2-8(3-5-9)12-15-11(20-16-12)7-21-6-10(14)13(17)18/h2-5,10H,6-7,14H2,1H3,(H,17,18)/t10-/m1/s1. The molecule has 0 aliphatic heterocycles. The topological polar surface area (TPSA) is 111 Å². The van der Waals surface area contributed by atoms with Crippen molar-refractivity contribution < 1.29 is 19.2 Å². The van der Waals surface area contributed by atoms with Crippen LogP contribution in [0, 0.1) is 0 Å². The number of nitrogens with two attached hydrogens (primary N) is 1. The molecule has 1 atom stereocenters. The molecule has 1 heterocycles. The maximum absolute atomic E-state index is 10.6. The predicted molar refractivity (Wildman–Crippen MR) is 78.1 cm³/mol. The third-order valence-electron chi connectivity index (χ3n) is 2.66. The fraction of sp³-hybridized carbons (Fsp3) is 0.308. The first kappa shape index (κ1) is 15.3. The maximum Gasteiger partial charge on any atom is 0.321 e. The zero-order chi connectivity index (χ0) is 15.2. The van der Waals surface area contributed by atoms with Crippen LogP contribution in [-0.2, 0) is 10.5 Å². The highest BCUT2D eigenvalue weighted by molar-refractivity contribution is 7.98. The molecular weight excluding hydrogens is 294 g/mol. The average Bonchev–Trinajstić information content (AvgIpc) is 2.96. The van der Waals surface area contributed by atoms with E-state index in [1.165, 1.54) is 11.8 Å². The van der Waals surface area contributed by atoms with Crippen molar-refractivity contribution >= 4 is 17.7 Å². The first-order valence-corrected chi connectivity index (χ1v) is 7.28. The van der Waals surface area contributed by atoms with E-state index in [1.807, 2.05) is 24.3 Å². The molecule has 1 aromatic heterocycles. The molecule has 2 aromatic rings. The lowest BCUT2D eigenvalue weighted by atomic mass is 10.2. The van der Waals surface area contributed by atoms with Crippen LogP contribution >= 0.6 is 11.8 Å². The van der Waals surface area contributed by atoms with Crippen molar-refractivity contribution in [3.05, 3.63) is 30.2 Å². The van der Waals surface area contributed by atoms with Crippen molar-refractivity contribution in [2.45, 2.75) is 11.8 Å². The number of benzene rings is 1. The van der Waals surface area contributed by atoms with Gasteiger partial charge in [0.1, 0.15) is 11.8 Å². The zero-order valence-corrected chi connectivity index (χ0v) is 12.2. The number of carboxylic acid groups (broad SMARTS) is 1. The number of ether oxygens (including phenoxy) is 1. The summed E-state index contributed by atoms with van der Waals surface area (Å²) in [6.45, 7) is 0. The van der Waals surface area contributed by atoms with E-state index in [4.69, 9.17) is 20.1 Å². The molecule has 1 aromatic carbocycles. The minimum Gasteiger partial charge on any atom is -0.497 e. The number of hydrogen-bond donors (Lipinski definition) is 2. The third-order valence-corrected chi connectivity index (χ3v) is 3.70. The molecule has 2 rings (SSSR count). The zero-order valence-electron chi connectivity index (χ0n) is 11.4. The average molecular weight is 309 g/mol. The molecule has 0 fully saturated rings. The van der Waals surface area contributed by atoms with E-state index in [-0.39, 0.29) is 5.75 Å². The second-order valence-corrected chi connectivity index (χ2v) is 5.23. The lowest BCUT2D eigenvalue weighted by Crippen LogP contribution is -2.32. The summed E-state index contributed by atoms with van der Waals surface area (Å²) in [4.78, 5) is 14.8. The van der Waals surface area contributed by atoms with Crippen LogP contribution in [0.1, 0.15) is 5.89 Å². The van der Waals surface area contributed by atoms with E-state index < -0.39 is 12.0 Å². The molecule has 0 unspecified atom stereocenters. The minimum atomic E-state index is -1.02. The largest absolute Gasteiger partial charge is 0.497 e. The van der Waals surface area contributed by atoms with Crippen LogP contribution in [0.4, 0.5) is 0 Å². The molecule has 0 bridgehead atoms. The molecule has 0 aliphatic carbocycles. The van der Waals surface area contributed by atoms with Gasteiger partial charge in [0.2, 0.25) is 11.7 Å². The van der Waals surface area contributed by atoms with Crippen molar-refractivity contribution in [2.75, 3.05) is 12.9 Å². The van der Waals surface area contributed by atoms with Gasteiger partial charge >= 0.3 is 5.97 Å². The van der Waals surface area contributed by atoms with Gasteiger partial charge in [-0.15, -0.1) is 11.8 Å². The van der Waals surface area contributed by atoms with E-state index in [0.29, 0.717) is 17.5 Å². The Morgan fingerprint density at radius 3 is 2.81 bits per heavy atom. The number of carboxylic acids is 1. The van der Waals surface area contributed by atoms with Crippen molar-refractivity contribution in [3.8, 4) is 17.1 Å². The monoisotopic (exact) mass is 309 g/mol. The van der Waals surface area contributed by atoms with Gasteiger partial charge < -0.3 is 20.1 Å². The van der Waals surface area contributed by atoms with Crippen molar-refractivity contribution in [1.29, 1.82) is 0 Å². The summed E-state index contributed by atoms with van der Waals surface area (Å²) in [6.07, 6.45) is 0. The molecule has 0 aliphatic rings. The van der Waals surface area contributed by atoms with Gasteiger partial charge in [-0.2, -0.15) is 4.98 Å². The second kappa shape index (κ2) is 7.09. The fourth-order valence-electron chi connectivity index (χ4n) is 1.52. The SMILES string of the molecule is COc1ccc(-c2noc(CSC[C@@H](N)C(=O)O)n2)cc1. The Balaban J connectivity index is 1.93. The van der Waals surface area contributed by atoms with E-state index >= 15 is 0 Å².